The van der Waals surface area contributed by atoms with Crippen LogP contribution in [0.2, 0.25) is 0 Å². The second kappa shape index (κ2) is 8.35. The van der Waals surface area contributed by atoms with Gasteiger partial charge in [0.15, 0.2) is 0 Å². The standard InChI is InChI=1S/C21H23F3N4O2/c1-20(2,30)12-25-18(29)11-17(13-6-5-7-14(10-13)21(22,23)24)28-19-26-15-8-3-4-9-16(15)27-19/h3-10,17,30H,11-12H2,1-2H3,(H,25,29)(H2,26,27,28). The SMILES string of the molecule is CC(C)(O)CNC(=O)CC(Nc1nc2ccccc2[nH]1)c1cccc(C(F)(F)F)c1. The van der Waals surface area contributed by atoms with Gasteiger partial charge in [-0.3, -0.25) is 4.79 Å². The Morgan fingerprint density at radius 3 is 2.57 bits per heavy atom. The molecule has 0 fully saturated rings. The maximum Gasteiger partial charge on any atom is 0.416 e. The van der Waals surface area contributed by atoms with Crippen LogP contribution in [0, 0.1) is 0 Å². The Balaban J connectivity index is 1.87. The van der Waals surface area contributed by atoms with Gasteiger partial charge in [-0.15, -0.1) is 0 Å². The molecule has 0 radical (unpaired) electrons. The van der Waals surface area contributed by atoms with Crippen molar-refractivity contribution in [3.05, 3.63) is 59.7 Å². The molecule has 0 saturated carbocycles. The second-order valence-corrected chi connectivity index (χ2v) is 7.72. The number of halogens is 3. The number of aromatic amines is 1. The number of aliphatic hydroxyl groups is 1. The number of carbonyl (C=O) groups excluding carboxylic acids is 1. The molecular formula is C21H23F3N4O2. The minimum atomic E-state index is -4.50. The van der Waals surface area contributed by atoms with Crippen molar-refractivity contribution in [3.63, 3.8) is 0 Å². The molecule has 2 aromatic carbocycles. The van der Waals surface area contributed by atoms with Gasteiger partial charge in [-0.05, 0) is 43.7 Å². The van der Waals surface area contributed by atoms with Crippen molar-refractivity contribution in [3.8, 4) is 0 Å². The van der Waals surface area contributed by atoms with Gasteiger partial charge in [0, 0.05) is 6.54 Å². The van der Waals surface area contributed by atoms with E-state index in [1.165, 1.54) is 12.1 Å². The minimum absolute atomic E-state index is 0.0196. The molecule has 4 N–H and O–H groups in total. The number of benzene rings is 2. The third-order valence-electron chi connectivity index (χ3n) is 4.42. The lowest BCUT2D eigenvalue weighted by Crippen LogP contribution is -2.39. The molecule has 3 rings (SSSR count). The zero-order valence-electron chi connectivity index (χ0n) is 16.5. The quantitative estimate of drug-likeness (QED) is 0.465. The first kappa shape index (κ1) is 21.6. The largest absolute Gasteiger partial charge is 0.416 e. The van der Waals surface area contributed by atoms with Crippen molar-refractivity contribution in [2.75, 3.05) is 11.9 Å². The summed E-state index contributed by atoms with van der Waals surface area (Å²) in [6.45, 7) is 3.11. The van der Waals surface area contributed by atoms with Gasteiger partial charge in [0.25, 0.3) is 0 Å². The number of amides is 1. The zero-order valence-corrected chi connectivity index (χ0v) is 16.5. The summed E-state index contributed by atoms with van der Waals surface area (Å²) in [7, 11) is 0. The number of carbonyl (C=O) groups is 1. The average molecular weight is 420 g/mol. The number of nitrogens with zero attached hydrogens (tertiary/aromatic N) is 1. The van der Waals surface area contributed by atoms with E-state index >= 15 is 0 Å². The number of imidazole rings is 1. The zero-order chi connectivity index (χ0) is 21.9. The molecule has 0 aliphatic rings. The van der Waals surface area contributed by atoms with E-state index in [1.807, 2.05) is 18.2 Å². The summed E-state index contributed by atoms with van der Waals surface area (Å²) in [6, 6.07) is 11.3. The first-order valence-electron chi connectivity index (χ1n) is 9.39. The average Bonchev–Trinajstić information content (AvgIpc) is 3.07. The van der Waals surface area contributed by atoms with E-state index in [1.54, 1.807) is 19.9 Å². The van der Waals surface area contributed by atoms with Crippen molar-refractivity contribution >= 4 is 22.9 Å². The van der Waals surface area contributed by atoms with Crippen molar-refractivity contribution < 1.29 is 23.1 Å². The molecule has 0 aliphatic carbocycles. The predicted molar refractivity (Wildman–Crippen MR) is 108 cm³/mol. The van der Waals surface area contributed by atoms with Gasteiger partial charge in [0.2, 0.25) is 11.9 Å². The molecule has 3 aromatic rings. The minimum Gasteiger partial charge on any atom is -0.389 e. The maximum absolute atomic E-state index is 13.2. The molecule has 160 valence electrons. The predicted octanol–water partition coefficient (Wildman–Crippen LogP) is 4.01. The van der Waals surface area contributed by atoms with Crippen LogP contribution in [-0.2, 0) is 11.0 Å². The molecule has 6 nitrogen and oxygen atoms in total. The summed E-state index contributed by atoms with van der Waals surface area (Å²) >= 11 is 0. The molecule has 1 amide bonds. The number of anilines is 1. The Hall–Kier alpha value is -3.07. The number of alkyl halides is 3. The number of hydrogen-bond acceptors (Lipinski definition) is 4. The smallest absolute Gasteiger partial charge is 0.389 e. The van der Waals surface area contributed by atoms with Crippen molar-refractivity contribution in [2.45, 2.75) is 38.1 Å². The Morgan fingerprint density at radius 1 is 1.17 bits per heavy atom. The Bertz CT molecular complexity index is 992. The summed E-state index contributed by atoms with van der Waals surface area (Å²) in [5.41, 5.74) is -0.159. The van der Waals surface area contributed by atoms with Gasteiger partial charge in [-0.2, -0.15) is 13.2 Å². The van der Waals surface area contributed by atoms with Crippen molar-refractivity contribution in [1.82, 2.24) is 15.3 Å². The number of hydrogen-bond donors (Lipinski definition) is 4. The van der Waals surface area contributed by atoms with E-state index in [2.05, 4.69) is 20.6 Å². The van der Waals surface area contributed by atoms with Gasteiger partial charge in [-0.1, -0.05) is 24.3 Å². The third kappa shape index (κ3) is 5.73. The van der Waals surface area contributed by atoms with Crippen LogP contribution in [0.3, 0.4) is 0 Å². The highest BCUT2D eigenvalue weighted by atomic mass is 19.4. The fourth-order valence-electron chi connectivity index (χ4n) is 2.94. The highest BCUT2D eigenvalue weighted by Gasteiger charge is 2.31. The van der Waals surface area contributed by atoms with E-state index in [0.29, 0.717) is 17.0 Å². The molecule has 0 bridgehead atoms. The molecule has 0 aliphatic heterocycles. The number of rotatable bonds is 7. The number of fused-ring (bicyclic) bond motifs is 1. The van der Waals surface area contributed by atoms with Gasteiger partial charge in [0.05, 0.1) is 34.7 Å². The summed E-state index contributed by atoms with van der Waals surface area (Å²) in [4.78, 5) is 19.8. The summed E-state index contributed by atoms with van der Waals surface area (Å²) < 4.78 is 39.5. The van der Waals surface area contributed by atoms with Gasteiger partial charge >= 0.3 is 6.18 Å². The number of nitrogens with one attached hydrogen (secondary N) is 3. The van der Waals surface area contributed by atoms with Crippen LogP contribution in [0.25, 0.3) is 11.0 Å². The van der Waals surface area contributed by atoms with Crippen LogP contribution in [0.5, 0.6) is 0 Å². The van der Waals surface area contributed by atoms with Crippen molar-refractivity contribution in [1.29, 1.82) is 0 Å². The lowest BCUT2D eigenvalue weighted by Gasteiger charge is -2.22. The molecule has 1 heterocycles. The fraction of sp³-hybridized carbons (Fsp3) is 0.333. The van der Waals surface area contributed by atoms with Crippen LogP contribution in [0.4, 0.5) is 19.1 Å². The third-order valence-corrected chi connectivity index (χ3v) is 4.42. The maximum atomic E-state index is 13.2. The fourth-order valence-corrected chi connectivity index (χ4v) is 2.94. The molecule has 1 atom stereocenters. The molecule has 1 aromatic heterocycles. The van der Waals surface area contributed by atoms with Gasteiger partial charge in [-0.25, -0.2) is 4.98 Å². The second-order valence-electron chi connectivity index (χ2n) is 7.72. The van der Waals surface area contributed by atoms with Crippen LogP contribution in [-0.4, -0.2) is 33.1 Å². The molecule has 1 unspecified atom stereocenters. The van der Waals surface area contributed by atoms with Gasteiger partial charge < -0.3 is 20.7 Å². The highest BCUT2D eigenvalue weighted by Crippen LogP contribution is 2.32. The lowest BCUT2D eigenvalue weighted by molar-refractivity contribution is -0.137. The van der Waals surface area contributed by atoms with E-state index < -0.39 is 29.3 Å². The first-order chi connectivity index (χ1) is 14.0. The monoisotopic (exact) mass is 420 g/mol. The van der Waals surface area contributed by atoms with E-state index in [9.17, 15) is 23.1 Å². The number of aromatic nitrogens is 2. The highest BCUT2D eigenvalue weighted by molar-refractivity contribution is 5.79. The van der Waals surface area contributed by atoms with Crippen LogP contribution in [0.1, 0.15) is 37.4 Å². The molecule has 0 saturated heterocycles. The molecule has 30 heavy (non-hydrogen) atoms. The van der Waals surface area contributed by atoms with E-state index in [-0.39, 0.29) is 13.0 Å². The topological polar surface area (TPSA) is 90.0 Å². The summed E-state index contributed by atoms with van der Waals surface area (Å²) in [5.74, 6) is -0.0722. The lowest BCUT2D eigenvalue weighted by atomic mass is 10.0. The number of H-pyrrole nitrogens is 1. The summed E-state index contributed by atoms with van der Waals surface area (Å²) in [6.07, 6.45) is -4.64. The van der Waals surface area contributed by atoms with Crippen LogP contribution < -0.4 is 10.6 Å². The van der Waals surface area contributed by atoms with Crippen LogP contribution >= 0.6 is 0 Å². The Labute approximate surface area is 171 Å². The summed E-state index contributed by atoms with van der Waals surface area (Å²) in [5, 5.41) is 15.4. The number of para-hydroxylation sites is 2. The van der Waals surface area contributed by atoms with E-state index in [0.717, 1.165) is 17.6 Å². The van der Waals surface area contributed by atoms with Crippen molar-refractivity contribution in [2.24, 2.45) is 0 Å². The normalized spacial score (nSPS) is 13.3. The molecule has 9 heteroatoms. The Kier molecular flexibility index (Phi) is 6.02. The van der Waals surface area contributed by atoms with E-state index in [4.69, 9.17) is 0 Å². The van der Waals surface area contributed by atoms with Crippen LogP contribution in [0.15, 0.2) is 48.5 Å². The van der Waals surface area contributed by atoms with Gasteiger partial charge in [0.1, 0.15) is 0 Å². The first-order valence-corrected chi connectivity index (χ1v) is 9.39. The molecule has 0 spiro atoms. The molecular weight excluding hydrogens is 397 g/mol. The Morgan fingerprint density at radius 2 is 1.90 bits per heavy atom.